The van der Waals surface area contributed by atoms with Gasteiger partial charge in [-0.1, -0.05) is 28.1 Å². The fourth-order valence-electron chi connectivity index (χ4n) is 2.82. The highest BCUT2D eigenvalue weighted by molar-refractivity contribution is 9.11. The molecule has 1 N–H and O–H groups in total. The Morgan fingerprint density at radius 3 is 2.47 bits per heavy atom. The van der Waals surface area contributed by atoms with Gasteiger partial charge in [0.2, 0.25) is 5.88 Å². The van der Waals surface area contributed by atoms with E-state index in [1.807, 2.05) is 0 Å². The molecular formula is C21H13Br2N3O4. The molecular weight excluding hydrogens is 518 g/mol. The van der Waals surface area contributed by atoms with Crippen molar-refractivity contribution in [2.45, 2.75) is 0 Å². The van der Waals surface area contributed by atoms with E-state index in [2.05, 4.69) is 47.4 Å². The first-order chi connectivity index (χ1) is 14.4. The third-order valence-electron chi connectivity index (χ3n) is 4.28. The van der Waals surface area contributed by atoms with Gasteiger partial charge < -0.3 is 14.5 Å². The number of nitrogens with zero attached hydrogens (tertiary/aromatic N) is 2. The fraction of sp³-hybridized carbons (Fsp3) is 0.0476. The number of benzene rings is 2. The molecule has 2 heterocycles. The molecule has 150 valence electrons. The maximum atomic E-state index is 12.6. The number of rotatable bonds is 4. The lowest BCUT2D eigenvalue weighted by Crippen LogP contribution is -2.20. The van der Waals surface area contributed by atoms with Crippen molar-refractivity contribution < 1.29 is 13.9 Å². The largest absolute Gasteiger partial charge is 0.480 e. The van der Waals surface area contributed by atoms with Crippen LogP contribution in [0.25, 0.3) is 22.2 Å². The van der Waals surface area contributed by atoms with E-state index >= 15 is 0 Å². The van der Waals surface area contributed by atoms with Crippen molar-refractivity contribution in [2.24, 2.45) is 0 Å². The summed E-state index contributed by atoms with van der Waals surface area (Å²) < 4.78 is 11.7. The Labute approximate surface area is 187 Å². The fourth-order valence-corrected chi connectivity index (χ4v) is 4.16. The predicted octanol–water partition coefficient (Wildman–Crippen LogP) is 5.04. The highest BCUT2D eigenvalue weighted by Gasteiger charge is 2.16. The minimum Gasteiger partial charge on any atom is -0.480 e. The molecule has 0 saturated carbocycles. The minimum absolute atomic E-state index is 0.0856. The van der Waals surface area contributed by atoms with Gasteiger partial charge in [0.1, 0.15) is 5.56 Å². The number of aromatic nitrogens is 2. The van der Waals surface area contributed by atoms with Crippen molar-refractivity contribution in [1.82, 2.24) is 10.2 Å². The first kappa shape index (κ1) is 20.2. The van der Waals surface area contributed by atoms with E-state index < -0.39 is 11.5 Å². The van der Waals surface area contributed by atoms with Crippen LogP contribution in [0.3, 0.4) is 0 Å². The molecule has 4 aromatic rings. The molecule has 0 unspecified atom stereocenters. The normalized spacial score (nSPS) is 10.8. The topological polar surface area (TPSA) is 94.3 Å². The van der Waals surface area contributed by atoms with Crippen LogP contribution >= 0.6 is 31.9 Å². The number of ether oxygens (including phenoxy) is 1. The molecule has 4 rings (SSSR count). The molecule has 9 heteroatoms. The second-order valence-corrected chi connectivity index (χ2v) is 8.02. The summed E-state index contributed by atoms with van der Waals surface area (Å²) in [5.41, 5.74) is 1.60. The summed E-state index contributed by atoms with van der Waals surface area (Å²) in [6, 6.07) is 15.6. The molecule has 30 heavy (non-hydrogen) atoms. The van der Waals surface area contributed by atoms with Crippen LogP contribution in [0.5, 0.6) is 5.88 Å². The number of hydrogen-bond acceptors (Lipinski definition) is 6. The van der Waals surface area contributed by atoms with E-state index in [0.29, 0.717) is 32.7 Å². The van der Waals surface area contributed by atoms with E-state index in [1.165, 1.54) is 13.2 Å². The summed E-state index contributed by atoms with van der Waals surface area (Å²) in [5, 5.41) is 11.4. The number of hydrogen-bond donors (Lipinski definition) is 1. The van der Waals surface area contributed by atoms with Crippen LogP contribution in [0.15, 0.2) is 72.8 Å². The zero-order valence-corrected chi connectivity index (χ0v) is 18.7. The molecule has 0 fully saturated rings. The van der Waals surface area contributed by atoms with Crippen molar-refractivity contribution >= 4 is 54.4 Å². The van der Waals surface area contributed by atoms with Crippen LogP contribution in [0.4, 0.5) is 5.69 Å². The highest BCUT2D eigenvalue weighted by Crippen LogP contribution is 2.28. The lowest BCUT2D eigenvalue weighted by atomic mass is 10.1. The van der Waals surface area contributed by atoms with E-state index in [1.54, 1.807) is 48.5 Å². The Morgan fingerprint density at radius 1 is 1.03 bits per heavy atom. The Kier molecular flexibility index (Phi) is 5.65. The van der Waals surface area contributed by atoms with Crippen LogP contribution < -0.4 is 15.7 Å². The SMILES string of the molecule is COc1ccc(-c2ccc(NC(=O)c3cc4cc(Br)cc(Br)c4oc3=O)cc2)nn1. The third kappa shape index (κ3) is 4.12. The van der Waals surface area contributed by atoms with Crippen LogP contribution in [-0.4, -0.2) is 23.2 Å². The third-order valence-corrected chi connectivity index (χ3v) is 5.33. The van der Waals surface area contributed by atoms with E-state index in [-0.39, 0.29) is 5.56 Å². The molecule has 0 aliphatic heterocycles. The summed E-state index contributed by atoms with van der Waals surface area (Å²) in [6.45, 7) is 0. The summed E-state index contributed by atoms with van der Waals surface area (Å²) in [7, 11) is 1.52. The second-order valence-electron chi connectivity index (χ2n) is 6.25. The van der Waals surface area contributed by atoms with E-state index in [9.17, 15) is 9.59 Å². The molecule has 0 bridgehead atoms. The number of carbonyl (C=O) groups excluding carboxylic acids is 1. The average Bonchev–Trinajstić information content (AvgIpc) is 2.74. The summed E-state index contributed by atoms with van der Waals surface area (Å²) >= 11 is 6.74. The van der Waals surface area contributed by atoms with Gasteiger partial charge in [0.15, 0.2) is 5.58 Å². The van der Waals surface area contributed by atoms with Crippen LogP contribution in [0.2, 0.25) is 0 Å². The second kappa shape index (κ2) is 8.37. The van der Waals surface area contributed by atoms with Crippen molar-refractivity contribution in [3.8, 4) is 17.1 Å². The van der Waals surface area contributed by atoms with E-state index in [4.69, 9.17) is 9.15 Å². The van der Waals surface area contributed by atoms with Gasteiger partial charge in [0, 0.05) is 27.2 Å². The number of anilines is 1. The molecule has 0 atom stereocenters. The van der Waals surface area contributed by atoms with Gasteiger partial charge in [-0.3, -0.25) is 4.79 Å². The Bertz CT molecular complexity index is 1300. The van der Waals surface area contributed by atoms with Gasteiger partial charge >= 0.3 is 5.63 Å². The number of methoxy groups -OCH3 is 1. The number of carbonyl (C=O) groups is 1. The minimum atomic E-state index is -0.715. The monoisotopic (exact) mass is 529 g/mol. The van der Waals surface area contributed by atoms with Crippen molar-refractivity contribution in [3.63, 3.8) is 0 Å². The standard InChI is InChI=1S/C21H13Br2N3O4/c1-29-18-7-6-17(25-26-18)11-2-4-14(5-3-11)24-20(27)15-9-12-8-13(22)10-16(23)19(12)30-21(15)28/h2-10H,1H3,(H,24,27). The van der Waals surface area contributed by atoms with Crippen molar-refractivity contribution in [3.05, 3.63) is 79.5 Å². The first-order valence-electron chi connectivity index (χ1n) is 8.67. The van der Waals surface area contributed by atoms with Crippen LogP contribution in [-0.2, 0) is 0 Å². The lowest BCUT2D eigenvalue weighted by molar-refractivity contribution is 0.102. The quantitative estimate of drug-likeness (QED) is 0.372. The van der Waals surface area contributed by atoms with Gasteiger partial charge in [0.05, 0.1) is 17.3 Å². The van der Waals surface area contributed by atoms with Crippen molar-refractivity contribution in [1.29, 1.82) is 0 Å². The Morgan fingerprint density at radius 2 is 1.80 bits per heavy atom. The number of amides is 1. The summed E-state index contributed by atoms with van der Waals surface area (Å²) in [5.74, 6) is -0.130. The van der Waals surface area contributed by atoms with Gasteiger partial charge in [-0.25, -0.2) is 4.79 Å². The smallest absolute Gasteiger partial charge is 0.349 e. The lowest BCUT2D eigenvalue weighted by Gasteiger charge is -2.07. The van der Waals surface area contributed by atoms with Crippen LogP contribution in [0.1, 0.15) is 10.4 Å². The molecule has 1 amide bonds. The van der Waals surface area contributed by atoms with Gasteiger partial charge in [-0.05, 0) is 52.3 Å². The summed E-state index contributed by atoms with van der Waals surface area (Å²) in [4.78, 5) is 25.0. The van der Waals surface area contributed by atoms with E-state index in [0.717, 1.165) is 10.0 Å². The zero-order chi connectivity index (χ0) is 21.3. The number of nitrogens with one attached hydrogen (secondary N) is 1. The number of halogens is 2. The Balaban J connectivity index is 1.57. The molecule has 0 saturated heterocycles. The molecule has 0 aliphatic carbocycles. The molecule has 0 radical (unpaired) electrons. The van der Waals surface area contributed by atoms with Gasteiger partial charge in [0.25, 0.3) is 5.91 Å². The highest BCUT2D eigenvalue weighted by atomic mass is 79.9. The molecule has 0 spiro atoms. The van der Waals surface area contributed by atoms with Crippen molar-refractivity contribution in [2.75, 3.05) is 12.4 Å². The molecule has 2 aromatic heterocycles. The zero-order valence-electron chi connectivity index (χ0n) is 15.5. The average molecular weight is 531 g/mol. The summed E-state index contributed by atoms with van der Waals surface area (Å²) in [6.07, 6.45) is 0. The van der Waals surface area contributed by atoms with Crippen LogP contribution in [0, 0.1) is 0 Å². The molecule has 7 nitrogen and oxygen atoms in total. The Hall–Kier alpha value is -3.04. The van der Waals surface area contributed by atoms with Gasteiger partial charge in [-0.15, -0.1) is 10.2 Å². The molecule has 2 aromatic carbocycles. The maximum absolute atomic E-state index is 12.6. The first-order valence-corrected chi connectivity index (χ1v) is 10.3. The molecule has 0 aliphatic rings. The maximum Gasteiger partial charge on any atom is 0.349 e. The van der Waals surface area contributed by atoms with Gasteiger partial charge in [-0.2, -0.15) is 0 Å². The predicted molar refractivity (Wildman–Crippen MR) is 120 cm³/mol. The number of fused-ring (bicyclic) bond motifs is 1.